The van der Waals surface area contributed by atoms with Gasteiger partial charge in [0.1, 0.15) is 5.56 Å². The van der Waals surface area contributed by atoms with Crippen LogP contribution >= 0.6 is 0 Å². The maximum absolute atomic E-state index is 13.5. The molecular weight excluding hydrogens is 439 g/mol. The molecule has 1 atom stereocenters. The van der Waals surface area contributed by atoms with Crippen LogP contribution in [0.1, 0.15) is 36.0 Å². The molecule has 2 aliphatic rings. The van der Waals surface area contributed by atoms with E-state index in [1.807, 2.05) is 13.1 Å². The number of nitrogen functional groups attached to an aromatic ring is 1. The fourth-order valence-corrected chi connectivity index (χ4v) is 5.04. The van der Waals surface area contributed by atoms with Gasteiger partial charge in [-0.2, -0.15) is 0 Å². The van der Waals surface area contributed by atoms with E-state index >= 15 is 0 Å². The average Bonchev–Trinajstić information content (AvgIpc) is 3.40. The number of nitrogens with two attached hydrogens (primary N) is 1. The number of hydrogen-bond acceptors (Lipinski definition) is 8. The summed E-state index contributed by atoms with van der Waals surface area (Å²) in [6, 6.07) is 1.89. The van der Waals surface area contributed by atoms with Crippen molar-refractivity contribution in [2.24, 2.45) is 5.92 Å². The van der Waals surface area contributed by atoms with Crippen molar-refractivity contribution in [2.75, 3.05) is 42.6 Å². The number of halogens is 1. The summed E-state index contributed by atoms with van der Waals surface area (Å²) >= 11 is 0. The van der Waals surface area contributed by atoms with Crippen LogP contribution in [0.5, 0.6) is 0 Å². The highest BCUT2D eigenvalue weighted by Crippen LogP contribution is 2.32. The van der Waals surface area contributed by atoms with Gasteiger partial charge in [0.25, 0.3) is 5.91 Å². The maximum atomic E-state index is 13.5. The Labute approximate surface area is 195 Å². The Bertz CT molecular complexity index is 1240. The molecule has 2 saturated heterocycles. The van der Waals surface area contributed by atoms with E-state index in [2.05, 4.69) is 30.2 Å². The van der Waals surface area contributed by atoms with Gasteiger partial charge in [-0.3, -0.25) is 19.5 Å². The van der Waals surface area contributed by atoms with Crippen LogP contribution < -0.4 is 16.0 Å². The predicted octanol–water partition coefficient (Wildman–Crippen LogP) is 1.98. The summed E-state index contributed by atoms with van der Waals surface area (Å²) in [5.74, 6) is -0.715. The highest BCUT2D eigenvalue weighted by molar-refractivity contribution is 6.12. The summed E-state index contributed by atoms with van der Waals surface area (Å²) in [6.07, 6.45) is 8.94. The van der Waals surface area contributed by atoms with Crippen molar-refractivity contribution in [2.45, 2.75) is 31.7 Å². The van der Waals surface area contributed by atoms with Gasteiger partial charge >= 0.3 is 0 Å². The quantitative estimate of drug-likeness (QED) is 0.585. The van der Waals surface area contributed by atoms with Crippen molar-refractivity contribution in [3.63, 3.8) is 0 Å². The lowest BCUT2D eigenvalue weighted by atomic mass is 9.88. The number of Topliss-reactive ketones (excluding diaryl/α,β-unsaturated/α-hetero) is 1. The topological polar surface area (TPSA) is 122 Å². The molecule has 2 fully saturated rings. The first-order chi connectivity index (χ1) is 16.4. The molecule has 0 aliphatic carbocycles. The molecule has 3 aromatic heterocycles. The predicted molar refractivity (Wildman–Crippen MR) is 125 cm³/mol. The van der Waals surface area contributed by atoms with Gasteiger partial charge in [0, 0.05) is 25.2 Å². The van der Waals surface area contributed by atoms with Gasteiger partial charge in [-0.05, 0) is 45.3 Å². The second kappa shape index (κ2) is 8.98. The largest absolute Gasteiger partial charge is 0.381 e. The number of carbonyl (C=O) groups excluding carboxylic acids is 2. The lowest BCUT2D eigenvalue weighted by molar-refractivity contribution is -0.127. The number of carbonyl (C=O) groups is 2. The van der Waals surface area contributed by atoms with Crippen LogP contribution in [0.2, 0.25) is 0 Å². The van der Waals surface area contributed by atoms with Crippen molar-refractivity contribution >= 4 is 34.5 Å². The third-order valence-corrected chi connectivity index (χ3v) is 6.83. The van der Waals surface area contributed by atoms with Crippen LogP contribution in [0.15, 0.2) is 30.9 Å². The summed E-state index contributed by atoms with van der Waals surface area (Å²) in [6.45, 7) is 2.40. The van der Waals surface area contributed by atoms with Crippen molar-refractivity contribution < 1.29 is 14.0 Å². The summed E-state index contributed by atoms with van der Waals surface area (Å²) in [5, 5.41) is 6.84. The fourth-order valence-electron chi connectivity index (χ4n) is 5.04. The van der Waals surface area contributed by atoms with Crippen LogP contribution in [0.3, 0.4) is 0 Å². The first kappa shape index (κ1) is 22.2. The minimum absolute atomic E-state index is 0.0442. The number of piperidine rings is 1. The molecule has 11 heteroatoms. The van der Waals surface area contributed by atoms with E-state index in [1.54, 1.807) is 12.4 Å². The molecule has 10 nitrogen and oxygen atoms in total. The van der Waals surface area contributed by atoms with Crippen molar-refractivity contribution in [1.82, 2.24) is 24.5 Å². The van der Waals surface area contributed by atoms with E-state index in [0.717, 1.165) is 54.8 Å². The van der Waals surface area contributed by atoms with Crippen molar-refractivity contribution in [1.29, 1.82) is 0 Å². The van der Waals surface area contributed by atoms with Gasteiger partial charge in [0.2, 0.25) is 0 Å². The molecule has 0 spiro atoms. The Morgan fingerprint density at radius 2 is 1.97 bits per heavy atom. The van der Waals surface area contributed by atoms with Crippen LogP contribution in [-0.2, 0) is 4.79 Å². The number of likely N-dealkylation sites (tertiary alicyclic amines) is 1. The van der Waals surface area contributed by atoms with Crippen molar-refractivity contribution in [3.8, 4) is 0 Å². The zero-order chi connectivity index (χ0) is 23.8. The van der Waals surface area contributed by atoms with E-state index in [1.165, 1.54) is 0 Å². The second-order valence-electron chi connectivity index (χ2n) is 8.95. The molecule has 5 heterocycles. The number of pyridine rings is 1. The lowest BCUT2D eigenvalue weighted by Gasteiger charge is -2.35. The van der Waals surface area contributed by atoms with E-state index in [-0.39, 0.29) is 29.0 Å². The summed E-state index contributed by atoms with van der Waals surface area (Å²) < 4.78 is 14.6. The molecule has 5 rings (SSSR count). The first-order valence-corrected chi connectivity index (χ1v) is 11.5. The number of fused-ring (bicyclic) bond motifs is 1. The Hall–Kier alpha value is -3.60. The third kappa shape index (κ3) is 4.07. The van der Waals surface area contributed by atoms with Gasteiger partial charge in [-0.15, -0.1) is 5.10 Å². The minimum Gasteiger partial charge on any atom is -0.381 e. The molecule has 178 valence electrons. The molecular formula is C23H27FN8O2. The van der Waals surface area contributed by atoms with Crippen LogP contribution in [0.25, 0.3) is 5.65 Å². The summed E-state index contributed by atoms with van der Waals surface area (Å²) in [4.78, 5) is 38.5. The van der Waals surface area contributed by atoms with Gasteiger partial charge in [-0.25, -0.2) is 13.9 Å². The van der Waals surface area contributed by atoms with Gasteiger partial charge in [-0.1, -0.05) is 0 Å². The van der Waals surface area contributed by atoms with Crippen LogP contribution in [0.4, 0.5) is 21.6 Å². The molecule has 0 bridgehead atoms. The molecule has 0 unspecified atom stereocenters. The van der Waals surface area contributed by atoms with E-state index < -0.39 is 11.7 Å². The molecule has 2 aliphatic heterocycles. The Balaban J connectivity index is 1.31. The number of likely N-dealkylation sites (N-methyl/N-ethyl adjacent to an activating group) is 1. The minimum atomic E-state index is -0.585. The lowest BCUT2D eigenvalue weighted by Crippen LogP contribution is -2.43. The van der Waals surface area contributed by atoms with Crippen LogP contribution in [0, 0.1) is 11.7 Å². The standard InChI is InChI=1S/C23H27FN8O2/c1-30-8-2-3-18(30)20(33)14-5-9-31(10-6-14)17-4-7-26-12-16(17)28-23(34)19-21(25)29-32-13-15(24)11-27-22(19)32/h4,7,11-14,18H,2-3,5-6,8-10H2,1H3,(H2,25,29)(H,28,34)/t18-/m0/s1. The Morgan fingerprint density at radius 3 is 2.71 bits per heavy atom. The number of nitrogens with zero attached hydrogens (tertiary/aromatic N) is 6. The SMILES string of the molecule is CN1CCC[C@H]1C(=O)C1CCN(c2ccncc2NC(=O)c2c(N)nn3cc(F)cnc23)CC1. The molecule has 34 heavy (non-hydrogen) atoms. The van der Waals surface area contributed by atoms with E-state index in [9.17, 15) is 14.0 Å². The molecule has 0 radical (unpaired) electrons. The zero-order valence-corrected chi connectivity index (χ0v) is 18.9. The number of rotatable bonds is 5. The number of aromatic nitrogens is 4. The Kier molecular flexibility index (Phi) is 5.86. The van der Waals surface area contributed by atoms with E-state index in [4.69, 9.17) is 5.73 Å². The highest BCUT2D eigenvalue weighted by Gasteiger charge is 2.35. The summed E-state index contributed by atoms with van der Waals surface area (Å²) in [7, 11) is 2.03. The molecule has 1 amide bonds. The smallest absolute Gasteiger partial charge is 0.263 e. The van der Waals surface area contributed by atoms with Gasteiger partial charge in [0.05, 0.1) is 36.0 Å². The monoisotopic (exact) mass is 466 g/mol. The van der Waals surface area contributed by atoms with Crippen molar-refractivity contribution in [3.05, 3.63) is 42.2 Å². The molecule has 0 saturated carbocycles. The number of nitrogens with one attached hydrogen (secondary N) is 1. The number of hydrogen-bond donors (Lipinski definition) is 2. The van der Waals surface area contributed by atoms with Gasteiger partial charge in [0.15, 0.2) is 23.1 Å². The fraction of sp³-hybridized carbons (Fsp3) is 0.435. The first-order valence-electron chi connectivity index (χ1n) is 11.5. The average molecular weight is 467 g/mol. The second-order valence-corrected chi connectivity index (χ2v) is 8.95. The summed E-state index contributed by atoms with van der Waals surface area (Å²) in [5.41, 5.74) is 7.50. The van der Waals surface area contributed by atoms with Crippen LogP contribution in [-0.4, -0.2) is 68.9 Å². The molecule has 3 N–H and O–H groups in total. The normalized spacial score (nSPS) is 19.6. The third-order valence-electron chi connectivity index (χ3n) is 6.83. The Morgan fingerprint density at radius 1 is 1.18 bits per heavy atom. The van der Waals surface area contributed by atoms with E-state index in [0.29, 0.717) is 24.6 Å². The number of ketones is 1. The maximum Gasteiger partial charge on any atom is 0.263 e. The van der Waals surface area contributed by atoms with Gasteiger partial charge < -0.3 is 16.0 Å². The molecule has 3 aromatic rings. The number of amides is 1. The highest BCUT2D eigenvalue weighted by atomic mass is 19.1. The zero-order valence-electron chi connectivity index (χ0n) is 18.9. The molecule has 0 aromatic carbocycles. The number of anilines is 3.